The number of alkyl halides is 1. The number of hydrogen-bond donors (Lipinski definition) is 0. The molecular weight excluding hydrogens is 234 g/mol. The first-order valence-corrected chi connectivity index (χ1v) is 5.41. The second kappa shape index (κ2) is 5.94. The van der Waals surface area contributed by atoms with Gasteiger partial charge in [0, 0.05) is 7.05 Å². The maximum Gasteiger partial charge on any atom is 0.410 e. The van der Waals surface area contributed by atoms with Crippen LogP contribution in [-0.2, 0) is 14.3 Å². The summed E-state index contributed by atoms with van der Waals surface area (Å²) in [6.45, 7) is 6.79. The first kappa shape index (κ1) is 15.0. The molecule has 1 unspecified atom stereocenters. The van der Waals surface area contributed by atoms with E-state index >= 15 is 0 Å². The Morgan fingerprint density at radius 2 is 1.88 bits per heavy atom. The molecule has 1 amide bonds. The fraction of sp³-hybridized carbons (Fsp3) is 0.800. The van der Waals surface area contributed by atoms with Crippen LogP contribution in [0.15, 0.2) is 0 Å². The fourth-order valence-electron chi connectivity index (χ4n) is 0.825. The summed E-state index contributed by atoms with van der Waals surface area (Å²) in [7, 11) is 1.47. The Morgan fingerprint density at radius 3 is 2.25 bits per heavy atom. The van der Waals surface area contributed by atoms with Gasteiger partial charge in [0.2, 0.25) is 0 Å². The van der Waals surface area contributed by atoms with Gasteiger partial charge in [-0.1, -0.05) is 11.6 Å². The van der Waals surface area contributed by atoms with Crippen molar-refractivity contribution < 1.29 is 19.1 Å². The van der Waals surface area contributed by atoms with Crippen molar-refractivity contribution >= 4 is 23.7 Å². The van der Waals surface area contributed by atoms with Crippen molar-refractivity contribution in [1.82, 2.24) is 4.90 Å². The largest absolute Gasteiger partial charge is 0.448 e. The molecule has 6 heteroatoms. The number of ether oxygens (including phenoxy) is 2. The lowest BCUT2D eigenvalue weighted by atomic mass is 10.2. The fourth-order valence-corrected chi connectivity index (χ4v) is 0.932. The zero-order valence-electron chi connectivity index (χ0n) is 10.2. The van der Waals surface area contributed by atoms with Crippen LogP contribution < -0.4 is 0 Å². The Bertz CT molecular complexity index is 262. The topological polar surface area (TPSA) is 55.8 Å². The maximum absolute atomic E-state index is 11.6. The molecule has 0 N–H and O–H groups in total. The van der Waals surface area contributed by atoms with Crippen LogP contribution in [0, 0.1) is 0 Å². The lowest BCUT2D eigenvalue weighted by Crippen LogP contribution is -2.43. The van der Waals surface area contributed by atoms with Gasteiger partial charge in [-0.2, -0.15) is 0 Å². The van der Waals surface area contributed by atoms with Crippen molar-refractivity contribution in [3.63, 3.8) is 0 Å². The summed E-state index contributed by atoms with van der Waals surface area (Å²) >= 11 is 5.25. The van der Waals surface area contributed by atoms with Gasteiger partial charge < -0.3 is 9.47 Å². The van der Waals surface area contributed by atoms with Gasteiger partial charge in [-0.15, -0.1) is 0 Å². The van der Waals surface area contributed by atoms with Crippen molar-refractivity contribution in [2.45, 2.75) is 39.3 Å². The second-order valence-corrected chi connectivity index (χ2v) is 4.56. The van der Waals surface area contributed by atoms with Crippen LogP contribution in [0.1, 0.15) is 27.7 Å². The molecule has 0 aliphatic rings. The molecule has 5 nitrogen and oxygen atoms in total. The highest BCUT2D eigenvalue weighted by Gasteiger charge is 2.27. The van der Waals surface area contributed by atoms with Gasteiger partial charge in [0.1, 0.15) is 11.6 Å². The number of hydrogen-bond acceptors (Lipinski definition) is 4. The van der Waals surface area contributed by atoms with E-state index in [0.717, 1.165) is 0 Å². The van der Waals surface area contributed by atoms with Crippen molar-refractivity contribution in [3.8, 4) is 0 Å². The second-order valence-electron chi connectivity index (χ2n) is 4.34. The maximum atomic E-state index is 11.6. The van der Waals surface area contributed by atoms with Crippen molar-refractivity contribution in [2.75, 3.05) is 13.1 Å². The van der Waals surface area contributed by atoms with Crippen LogP contribution in [-0.4, -0.2) is 41.7 Å². The zero-order chi connectivity index (χ0) is 12.9. The third kappa shape index (κ3) is 5.21. The number of nitrogens with zero attached hydrogens (tertiary/aromatic N) is 1. The smallest absolute Gasteiger partial charge is 0.410 e. The number of esters is 1. The molecule has 0 aromatic rings. The van der Waals surface area contributed by atoms with Crippen molar-refractivity contribution in [3.05, 3.63) is 0 Å². The van der Waals surface area contributed by atoms with E-state index in [9.17, 15) is 9.59 Å². The Hall–Kier alpha value is -0.970. The third-order valence-corrected chi connectivity index (χ3v) is 1.91. The molecule has 1 atom stereocenters. The molecule has 0 bridgehead atoms. The summed E-state index contributed by atoms with van der Waals surface area (Å²) in [5.41, 5.74) is -0.596. The lowest BCUT2D eigenvalue weighted by molar-refractivity contribution is -0.146. The first-order valence-electron chi connectivity index (χ1n) is 4.87. The highest BCUT2D eigenvalue weighted by Crippen LogP contribution is 2.11. The van der Waals surface area contributed by atoms with Gasteiger partial charge in [-0.05, 0) is 27.7 Å². The van der Waals surface area contributed by atoms with Gasteiger partial charge in [0.25, 0.3) is 0 Å². The Morgan fingerprint density at radius 1 is 1.38 bits per heavy atom. The van der Waals surface area contributed by atoms with Gasteiger partial charge in [0.05, 0.1) is 0 Å². The average Bonchev–Trinajstić information content (AvgIpc) is 2.13. The molecule has 16 heavy (non-hydrogen) atoms. The van der Waals surface area contributed by atoms with Gasteiger partial charge in [-0.25, -0.2) is 9.59 Å². The Labute approximate surface area is 101 Å². The molecule has 0 aromatic heterocycles. The highest BCUT2D eigenvalue weighted by atomic mass is 35.5. The third-order valence-electron chi connectivity index (χ3n) is 1.80. The molecule has 0 heterocycles. The minimum absolute atomic E-state index is 0.231. The molecule has 94 valence electrons. The van der Waals surface area contributed by atoms with Gasteiger partial charge in [-0.3, -0.25) is 4.90 Å². The molecule has 0 aliphatic heterocycles. The van der Waals surface area contributed by atoms with Crippen molar-refractivity contribution in [2.24, 2.45) is 0 Å². The lowest BCUT2D eigenvalue weighted by Gasteiger charge is -2.27. The molecule has 0 spiro atoms. The van der Waals surface area contributed by atoms with Crippen LogP contribution in [0.3, 0.4) is 0 Å². The number of carbonyl (C=O) groups excluding carboxylic acids is 2. The van der Waals surface area contributed by atoms with E-state index in [0.29, 0.717) is 0 Å². The number of rotatable bonds is 3. The number of likely N-dealkylation sites (N-methyl/N-ethyl adjacent to an activating group) is 1. The predicted octanol–water partition coefficient (Wildman–Crippen LogP) is 1.98. The van der Waals surface area contributed by atoms with Crippen LogP contribution >= 0.6 is 11.6 Å². The van der Waals surface area contributed by atoms with E-state index in [4.69, 9.17) is 16.3 Å². The SMILES string of the molecule is CC(C(=O)OCCl)N(C)C(=O)OC(C)(C)C. The molecule has 0 saturated heterocycles. The van der Waals surface area contributed by atoms with E-state index < -0.39 is 23.7 Å². The Kier molecular flexibility index (Phi) is 5.58. The summed E-state index contributed by atoms with van der Waals surface area (Å²) in [4.78, 5) is 24.0. The van der Waals surface area contributed by atoms with Gasteiger partial charge in [0.15, 0.2) is 6.07 Å². The monoisotopic (exact) mass is 251 g/mol. The van der Waals surface area contributed by atoms with Crippen LogP contribution in [0.25, 0.3) is 0 Å². The first-order chi connectivity index (χ1) is 7.19. The van der Waals surface area contributed by atoms with Crippen molar-refractivity contribution in [1.29, 1.82) is 0 Å². The van der Waals surface area contributed by atoms with Crippen LogP contribution in [0.4, 0.5) is 4.79 Å². The minimum atomic E-state index is -0.728. The number of carbonyl (C=O) groups is 2. The molecule has 0 aromatic carbocycles. The van der Waals surface area contributed by atoms with E-state index in [1.54, 1.807) is 27.7 Å². The average molecular weight is 252 g/mol. The zero-order valence-corrected chi connectivity index (χ0v) is 11.0. The van der Waals surface area contributed by atoms with E-state index in [2.05, 4.69) is 4.74 Å². The normalized spacial score (nSPS) is 12.9. The molecule has 0 radical (unpaired) electrons. The molecular formula is C10H18ClNO4. The predicted molar refractivity (Wildman–Crippen MR) is 60.3 cm³/mol. The van der Waals surface area contributed by atoms with Gasteiger partial charge >= 0.3 is 12.1 Å². The standard InChI is InChI=1S/C10H18ClNO4/c1-7(8(13)15-6-11)12(5)9(14)16-10(2,3)4/h7H,6H2,1-5H3. The molecule has 0 fully saturated rings. The summed E-state index contributed by atoms with van der Waals surface area (Å²) in [5, 5.41) is 0. The number of halogens is 1. The summed E-state index contributed by atoms with van der Waals surface area (Å²) in [6.07, 6.45) is -0.577. The van der Waals surface area contributed by atoms with E-state index in [-0.39, 0.29) is 6.07 Å². The van der Waals surface area contributed by atoms with E-state index in [1.807, 2.05) is 0 Å². The summed E-state index contributed by atoms with van der Waals surface area (Å²) in [6, 6.07) is -0.959. The summed E-state index contributed by atoms with van der Waals surface area (Å²) in [5.74, 6) is -0.566. The summed E-state index contributed by atoms with van der Waals surface area (Å²) < 4.78 is 9.68. The van der Waals surface area contributed by atoms with Crippen LogP contribution in [0.5, 0.6) is 0 Å². The van der Waals surface area contributed by atoms with E-state index in [1.165, 1.54) is 11.9 Å². The van der Waals surface area contributed by atoms with Crippen LogP contribution in [0.2, 0.25) is 0 Å². The highest BCUT2D eigenvalue weighted by molar-refractivity contribution is 6.17. The Balaban J connectivity index is 4.38. The quantitative estimate of drug-likeness (QED) is 0.569. The molecule has 0 rings (SSSR count). The minimum Gasteiger partial charge on any atom is -0.448 e. The molecule has 0 saturated carbocycles. The molecule has 0 aliphatic carbocycles. The number of amides is 1.